The van der Waals surface area contributed by atoms with Crippen molar-refractivity contribution in [3.63, 3.8) is 0 Å². The zero-order valence-electron chi connectivity index (χ0n) is 14.7. The second-order valence-corrected chi connectivity index (χ2v) is 6.66. The van der Waals surface area contributed by atoms with E-state index in [-0.39, 0.29) is 5.82 Å². The van der Waals surface area contributed by atoms with Crippen molar-refractivity contribution in [1.29, 1.82) is 0 Å². The van der Waals surface area contributed by atoms with Crippen LogP contribution in [0.5, 0.6) is 0 Å². The van der Waals surface area contributed by atoms with Crippen molar-refractivity contribution in [2.24, 2.45) is 0 Å². The van der Waals surface area contributed by atoms with Gasteiger partial charge in [-0.15, -0.1) is 0 Å². The second kappa shape index (κ2) is 6.40. The average molecular weight is 355 g/mol. The van der Waals surface area contributed by atoms with Gasteiger partial charge in [0.15, 0.2) is 0 Å². The number of nitrogens with zero attached hydrogens (tertiary/aromatic N) is 2. The molecule has 0 spiro atoms. The van der Waals surface area contributed by atoms with Crippen LogP contribution in [0.2, 0.25) is 0 Å². The first-order valence-corrected chi connectivity index (χ1v) is 9.08. The first-order chi connectivity index (χ1) is 13.3. The fourth-order valence-electron chi connectivity index (χ4n) is 3.66. The molecule has 27 heavy (non-hydrogen) atoms. The van der Waals surface area contributed by atoms with E-state index in [0.29, 0.717) is 5.69 Å². The molecule has 1 N–H and O–H groups in total. The van der Waals surface area contributed by atoms with Crippen LogP contribution in [-0.4, -0.2) is 16.3 Å². The minimum absolute atomic E-state index is 0.275. The monoisotopic (exact) mass is 355 g/mol. The maximum absolute atomic E-state index is 14.3. The molecular weight excluding hydrogens is 337 g/mol. The molecule has 1 aliphatic heterocycles. The van der Waals surface area contributed by atoms with Crippen molar-refractivity contribution in [2.45, 2.75) is 6.42 Å². The summed E-state index contributed by atoms with van der Waals surface area (Å²) in [5, 5.41) is 8.11. The normalized spacial score (nSPS) is 12.6. The number of rotatable bonds is 3. The summed E-state index contributed by atoms with van der Waals surface area (Å²) in [6, 6.07) is 25.5. The van der Waals surface area contributed by atoms with Gasteiger partial charge in [-0.3, -0.25) is 0 Å². The highest BCUT2D eigenvalue weighted by molar-refractivity contribution is 5.75. The minimum Gasteiger partial charge on any atom is -0.369 e. The molecule has 3 nitrogen and oxygen atoms in total. The van der Waals surface area contributed by atoms with E-state index in [4.69, 9.17) is 5.10 Å². The van der Waals surface area contributed by atoms with Gasteiger partial charge in [-0.1, -0.05) is 66.7 Å². The third-order valence-electron chi connectivity index (χ3n) is 5.00. The van der Waals surface area contributed by atoms with E-state index in [1.807, 2.05) is 24.3 Å². The van der Waals surface area contributed by atoms with Crippen LogP contribution in [0.4, 0.5) is 10.2 Å². The van der Waals surface area contributed by atoms with Gasteiger partial charge >= 0.3 is 0 Å². The van der Waals surface area contributed by atoms with Crippen LogP contribution in [0.1, 0.15) is 5.56 Å². The zero-order chi connectivity index (χ0) is 18.2. The lowest BCUT2D eigenvalue weighted by Gasteiger charge is -2.07. The number of nitrogens with one attached hydrogen (secondary N) is 1. The second-order valence-electron chi connectivity index (χ2n) is 6.66. The molecule has 0 fully saturated rings. The first-order valence-electron chi connectivity index (χ1n) is 9.08. The highest BCUT2D eigenvalue weighted by Gasteiger charge is 2.24. The molecule has 0 saturated carbocycles. The van der Waals surface area contributed by atoms with Crippen LogP contribution in [-0.2, 0) is 6.42 Å². The van der Waals surface area contributed by atoms with E-state index in [9.17, 15) is 4.39 Å². The predicted molar refractivity (Wildman–Crippen MR) is 107 cm³/mol. The summed E-state index contributed by atoms with van der Waals surface area (Å²) >= 11 is 0. The van der Waals surface area contributed by atoms with Crippen molar-refractivity contribution in [1.82, 2.24) is 9.78 Å². The fourth-order valence-corrected chi connectivity index (χ4v) is 3.66. The largest absolute Gasteiger partial charge is 0.369 e. The zero-order valence-corrected chi connectivity index (χ0v) is 14.7. The Morgan fingerprint density at radius 3 is 2.22 bits per heavy atom. The average Bonchev–Trinajstić information content (AvgIpc) is 3.32. The van der Waals surface area contributed by atoms with Crippen LogP contribution in [0.15, 0.2) is 78.9 Å². The number of para-hydroxylation sites is 1. The summed E-state index contributed by atoms with van der Waals surface area (Å²) in [5.74, 6) is 0.615. The molecule has 3 aromatic carbocycles. The van der Waals surface area contributed by atoms with Gasteiger partial charge in [-0.05, 0) is 29.7 Å². The van der Waals surface area contributed by atoms with Crippen molar-refractivity contribution >= 4 is 5.82 Å². The van der Waals surface area contributed by atoms with Gasteiger partial charge in [0, 0.05) is 17.7 Å². The summed E-state index contributed by atoms with van der Waals surface area (Å²) < 4.78 is 16.0. The number of hydrogen-bond donors (Lipinski definition) is 1. The van der Waals surface area contributed by atoms with Gasteiger partial charge in [0.05, 0.1) is 5.69 Å². The van der Waals surface area contributed by atoms with Crippen molar-refractivity contribution in [2.75, 3.05) is 11.9 Å². The molecular formula is C23H18FN3. The molecule has 4 heteroatoms. The summed E-state index contributed by atoms with van der Waals surface area (Å²) in [6.07, 6.45) is 0.888. The Hall–Kier alpha value is -3.40. The van der Waals surface area contributed by atoms with E-state index in [0.717, 1.165) is 35.6 Å². The van der Waals surface area contributed by atoms with Gasteiger partial charge in [0.2, 0.25) is 0 Å². The molecule has 0 radical (unpaired) electrons. The Labute approximate surface area is 157 Å². The fraction of sp³-hybridized carbons (Fsp3) is 0.0870. The Morgan fingerprint density at radius 1 is 0.778 bits per heavy atom. The van der Waals surface area contributed by atoms with E-state index in [2.05, 4.69) is 41.7 Å². The lowest BCUT2D eigenvalue weighted by Crippen LogP contribution is -2.05. The maximum Gasteiger partial charge on any atom is 0.148 e. The number of anilines is 1. The summed E-state index contributed by atoms with van der Waals surface area (Å²) in [6.45, 7) is 0.844. The Kier molecular flexibility index (Phi) is 3.75. The van der Waals surface area contributed by atoms with Gasteiger partial charge in [0.1, 0.15) is 17.3 Å². The first kappa shape index (κ1) is 15.8. The van der Waals surface area contributed by atoms with Gasteiger partial charge < -0.3 is 5.32 Å². The van der Waals surface area contributed by atoms with Crippen LogP contribution in [0.3, 0.4) is 0 Å². The molecule has 2 heterocycles. The highest BCUT2D eigenvalue weighted by Crippen LogP contribution is 2.35. The molecule has 4 aromatic rings. The Bertz CT molecular complexity index is 1100. The van der Waals surface area contributed by atoms with E-state index in [1.165, 1.54) is 17.2 Å². The molecule has 0 amide bonds. The topological polar surface area (TPSA) is 29.9 Å². The number of hydrogen-bond acceptors (Lipinski definition) is 2. The third-order valence-corrected chi connectivity index (χ3v) is 5.00. The Balaban J connectivity index is 1.58. The molecule has 1 aliphatic rings. The smallest absolute Gasteiger partial charge is 0.148 e. The van der Waals surface area contributed by atoms with E-state index < -0.39 is 0 Å². The molecule has 0 saturated heterocycles. The predicted octanol–water partition coefficient (Wildman–Crippen LogP) is 5.31. The van der Waals surface area contributed by atoms with Crippen LogP contribution < -0.4 is 5.32 Å². The molecule has 132 valence electrons. The van der Waals surface area contributed by atoms with E-state index in [1.54, 1.807) is 16.8 Å². The van der Waals surface area contributed by atoms with Gasteiger partial charge in [-0.2, -0.15) is 5.10 Å². The number of halogens is 1. The molecule has 0 bridgehead atoms. The van der Waals surface area contributed by atoms with Crippen molar-refractivity contribution in [3.8, 4) is 28.1 Å². The number of benzene rings is 3. The van der Waals surface area contributed by atoms with Gasteiger partial charge in [-0.25, -0.2) is 9.07 Å². The van der Waals surface area contributed by atoms with Crippen LogP contribution in [0.25, 0.3) is 28.1 Å². The van der Waals surface area contributed by atoms with E-state index >= 15 is 0 Å². The summed E-state index contributed by atoms with van der Waals surface area (Å²) in [4.78, 5) is 0. The number of aromatic nitrogens is 2. The summed E-state index contributed by atoms with van der Waals surface area (Å²) in [7, 11) is 0. The quantitative estimate of drug-likeness (QED) is 0.539. The Morgan fingerprint density at radius 2 is 1.44 bits per heavy atom. The van der Waals surface area contributed by atoms with Crippen LogP contribution in [0, 0.1) is 5.82 Å². The SMILES string of the molecule is Fc1ccccc1-n1nc(-c2ccc(-c3ccccc3)cc2)c2c1NCC2. The standard InChI is InChI=1S/C23H18FN3/c24-20-8-4-5-9-21(20)27-23-19(14-15-25-23)22(26-27)18-12-10-17(11-13-18)16-6-2-1-3-7-16/h1-13,25H,14-15H2. The van der Waals surface area contributed by atoms with Crippen molar-refractivity contribution < 1.29 is 4.39 Å². The molecule has 5 rings (SSSR count). The third kappa shape index (κ3) is 2.70. The highest BCUT2D eigenvalue weighted by atomic mass is 19.1. The molecule has 0 atom stereocenters. The molecule has 0 unspecified atom stereocenters. The van der Waals surface area contributed by atoms with Gasteiger partial charge in [0.25, 0.3) is 0 Å². The van der Waals surface area contributed by atoms with Crippen molar-refractivity contribution in [3.05, 3.63) is 90.2 Å². The van der Waals surface area contributed by atoms with Crippen LogP contribution >= 0.6 is 0 Å². The minimum atomic E-state index is -0.275. The number of fused-ring (bicyclic) bond motifs is 1. The maximum atomic E-state index is 14.3. The molecule has 1 aromatic heterocycles. The lowest BCUT2D eigenvalue weighted by atomic mass is 10.0. The molecule has 0 aliphatic carbocycles. The summed E-state index contributed by atoms with van der Waals surface area (Å²) in [5.41, 5.74) is 5.93. The lowest BCUT2D eigenvalue weighted by molar-refractivity contribution is 0.612.